The van der Waals surface area contributed by atoms with E-state index < -0.39 is 0 Å². The second-order valence-electron chi connectivity index (χ2n) is 14.4. The van der Waals surface area contributed by atoms with Crippen LogP contribution in [0.1, 0.15) is 0 Å². The van der Waals surface area contributed by atoms with Gasteiger partial charge < -0.3 is 0 Å². The molecule has 0 nitrogen and oxygen atoms in total. The van der Waals surface area contributed by atoms with Crippen LogP contribution >= 0.6 is 11.6 Å². The highest BCUT2D eigenvalue weighted by molar-refractivity contribution is 6.36. The molecule has 0 aromatic heterocycles. The van der Waals surface area contributed by atoms with Gasteiger partial charge in [0.2, 0.25) is 0 Å². The van der Waals surface area contributed by atoms with Gasteiger partial charge in [-0.25, -0.2) is 0 Å². The molecule has 10 aromatic carbocycles. The molecule has 0 bridgehead atoms. The van der Waals surface area contributed by atoms with Gasteiger partial charge in [0.05, 0.1) is 0 Å². The standard InChI is InChI=1S/C52H29Cl/c53-46-23-9-8-18-41(46)50-45-29-32-15-5-4-14-31(32)28-44(45)47(30-12-2-1-3-13-30)51-42-22-11-21-39-36(25-27-43(49(39)42)52(50)51)35-24-26-40-34-17-7-6-16-33(34)37-19-10-20-38(35)48(37)40/h1-29H. The average molecular weight is 689 g/mol. The molecule has 0 radical (unpaired) electrons. The molecule has 53 heavy (non-hydrogen) atoms. The summed E-state index contributed by atoms with van der Waals surface area (Å²) in [5.74, 6) is 0. The monoisotopic (exact) mass is 688 g/mol. The van der Waals surface area contributed by atoms with Gasteiger partial charge in [0.1, 0.15) is 0 Å². The summed E-state index contributed by atoms with van der Waals surface area (Å²) in [5, 5.41) is 10.9. The van der Waals surface area contributed by atoms with Crippen molar-refractivity contribution in [2.45, 2.75) is 0 Å². The Balaban J connectivity index is 1.23. The van der Waals surface area contributed by atoms with E-state index in [0.29, 0.717) is 0 Å². The third-order valence-electron chi connectivity index (χ3n) is 11.8. The minimum atomic E-state index is 0.759. The molecule has 12 rings (SSSR count). The van der Waals surface area contributed by atoms with Gasteiger partial charge in [0, 0.05) is 10.6 Å². The molecular weight excluding hydrogens is 660 g/mol. The predicted octanol–water partition coefficient (Wildman–Crippen LogP) is 15.2. The highest BCUT2D eigenvalue weighted by Crippen LogP contribution is 2.60. The van der Waals surface area contributed by atoms with Gasteiger partial charge in [-0.15, -0.1) is 0 Å². The van der Waals surface area contributed by atoms with Gasteiger partial charge in [-0.05, 0) is 134 Å². The lowest BCUT2D eigenvalue weighted by molar-refractivity contribution is 1.63. The molecule has 10 aromatic rings. The normalized spacial score (nSPS) is 12.2. The second-order valence-corrected chi connectivity index (χ2v) is 14.8. The first-order valence-electron chi connectivity index (χ1n) is 18.3. The Morgan fingerprint density at radius 3 is 1.40 bits per heavy atom. The van der Waals surface area contributed by atoms with Crippen molar-refractivity contribution in [3.8, 4) is 77.9 Å². The van der Waals surface area contributed by atoms with Crippen molar-refractivity contribution in [1.29, 1.82) is 0 Å². The van der Waals surface area contributed by atoms with Crippen LogP contribution < -0.4 is 0 Å². The summed E-state index contributed by atoms with van der Waals surface area (Å²) in [7, 11) is 0. The van der Waals surface area contributed by atoms with Gasteiger partial charge in [0.25, 0.3) is 0 Å². The van der Waals surface area contributed by atoms with Crippen LogP contribution in [0.3, 0.4) is 0 Å². The Kier molecular flexibility index (Phi) is 5.93. The molecule has 0 saturated heterocycles. The number of fused-ring (bicyclic) bond motifs is 8. The molecule has 0 saturated carbocycles. The Labute approximate surface area is 312 Å². The first-order valence-corrected chi connectivity index (χ1v) is 18.7. The lowest BCUT2D eigenvalue weighted by atomic mass is 9.82. The van der Waals surface area contributed by atoms with Crippen LogP contribution in [0.4, 0.5) is 0 Å². The zero-order valence-corrected chi connectivity index (χ0v) is 29.4. The fourth-order valence-electron chi connectivity index (χ4n) is 9.66. The van der Waals surface area contributed by atoms with Gasteiger partial charge >= 0.3 is 0 Å². The number of halogens is 1. The molecule has 0 atom stereocenters. The molecular formula is C52H29Cl. The number of hydrogen-bond acceptors (Lipinski definition) is 0. The third-order valence-corrected chi connectivity index (χ3v) is 12.1. The van der Waals surface area contributed by atoms with Gasteiger partial charge in [0.15, 0.2) is 0 Å². The molecule has 0 aliphatic heterocycles. The van der Waals surface area contributed by atoms with Crippen molar-refractivity contribution in [2.24, 2.45) is 0 Å². The van der Waals surface area contributed by atoms with Crippen LogP contribution in [0.25, 0.3) is 121 Å². The highest BCUT2D eigenvalue weighted by Gasteiger charge is 2.32. The maximum Gasteiger partial charge on any atom is 0.0484 e. The molecule has 0 amide bonds. The molecule has 0 heterocycles. The average Bonchev–Trinajstić information content (AvgIpc) is 3.72. The molecule has 1 heteroatoms. The van der Waals surface area contributed by atoms with E-state index in [1.807, 2.05) is 12.1 Å². The van der Waals surface area contributed by atoms with E-state index in [4.69, 9.17) is 11.6 Å². The maximum absolute atomic E-state index is 7.17. The smallest absolute Gasteiger partial charge is 0.0484 e. The SMILES string of the molecule is Clc1ccccc1-c1c2c(c(-c3ccccc3)c3cc4ccccc4cc13)-c1cccc3c(-c4ccc5c6c(cccc46)-c4ccccc4-5)ccc-2c13. The van der Waals surface area contributed by atoms with E-state index in [-0.39, 0.29) is 0 Å². The summed E-state index contributed by atoms with van der Waals surface area (Å²) in [6.45, 7) is 0. The lowest BCUT2D eigenvalue weighted by Gasteiger charge is -2.21. The van der Waals surface area contributed by atoms with E-state index in [1.165, 1.54) is 115 Å². The lowest BCUT2D eigenvalue weighted by Crippen LogP contribution is -1.94. The van der Waals surface area contributed by atoms with E-state index >= 15 is 0 Å². The summed E-state index contributed by atoms with van der Waals surface area (Å²) in [4.78, 5) is 0. The van der Waals surface area contributed by atoms with Gasteiger partial charge in [-0.3, -0.25) is 0 Å². The van der Waals surface area contributed by atoms with E-state index in [1.54, 1.807) is 0 Å². The largest absolute Gasteiger partial charge is 0.0837 e. The van der Waals surface area contributed by atoms with Crippen molar-refractivity contribution in [3.05, 3.63) is 181 Å². The van der Waals surface area contributed by atoms with Crippen LogP contribution in [-0.2, 0) is 0 Å². The topological polar surface area (TPSA) is 0 Å². The Morgan fingerprint density at radius 1 is 0.264 bits per heavy atom. The summed E-state index contributed by atoms with van der Waals surface area (Å²) in [6, 6.07) is 64.8. The Bertz CT molecular complexity index is 3190. The highest BCUT2D eigenvalue weighted by atomic mass is 35.5. The minimum Gasteiger partial charge on any atom is -0.0837 e. The summed E-state index contributed by atoms with van der Waals surface area (Å²) in [5.41, 5.74) is 17.6. The van der Waals surface area contributed by atoms with Crippen molar-refractivity contribution in [3.63, 3.8) is 0 Å². The minimum absolute atomic E-state index is 0.759. The molecule has 0 unspecified atom stereocenters. The summed E-state index contributed by atoms with van der Waals surface area (Å²) in [6.07, 6.45) is 0. The maximum atomic E-state index is 7.17. The fourth-order valence-corrected chi connectivity index (χ4v) is 9.89. The summed E-state index contributed by atoms with van der Waals surface area (Å²) >= 11 is 7.17. The second kappa shape index (κ2) is 10.8. The van der Waals surface area contributed by atoms with E-state index in [9.17, 15) is 0 Å². The fraction of sp³-hybridized carbons (Fsp3) is 0. The van der Waals surface area contributed by atoms with Crippen LogP contribution in [0.2, 0.25) is 5.02 Å². The molecule has 0 fully saturated rings. The number of hydrogen-bond donors (Lipinski definition) is 0. The van der Waals surface area contributed by atoms with E-state index in [0.717, 1.165) is 10.6 Å². The Hall–Kier alpha value is -6.47. The van der Waals surface area contributed by atoms with Crippen LogP contribution in [0, 0.1) is 0 Å². The van der Waals surface area contributed by atoms with Gasteiger partial charge in [-0.2, -0.15) is 0 Å². The van der Waals surface area contributed by atoms with Crippen molar-refractivity contribution >= 4 is 54.7 Å². The zero-order chi connectivity index (χ0) is 34.8. The third kappa shape index (κ3) is 3.91. The predicted molar refractivity (Wildman–Crippen MR) is 227 cm³/mol. The zero-order valence-electron chi connectivity index (χ0n) is 28.6. The van der Waals surface area contributed by atoms with Crippen molar-refractivity contribution in [1.82, 2.24) is 0 Å². The van der Waals surface area contributed by atoms with Crippen LogP contribution in [0.5, 0.6) is 0 Å². The molecule has 0 spiro atoms. The first-order chi connectivity index (χ1) is 26.2. The molecule has 2 aliphatic carbocycles. The molecule has 2 aliphatic rings. The van der Waals surface area contributed by atoms with Crippen LogP contribution in [-0.4, -0.2) is 0 Å². The Morgan fingerprint density at radius 2 is 0.717 bits per heavy atom. The van der Waals surface area contributed by atoms with Crippen molar-refractivity contribution in [2.75, 3.05) is 0 Å². The van der Waals surface area contributed by atoms with Crippen molar-refractivity contribution < 1.29 is 0 Å². The first kappa shape index (κ1) is 29.1. The van der Waals surface area contributed by atoms with E-state index in [2.05, 4.69) is 164 Å². The molecule has 244 valence electrons. The van der Waals surface area contributed by atoms with Gasteiger partial charge in [-0.1, -0.05) is 169 Å². The summed E-state index contributed by atoms with van der Waals surface area (Å²) < 4.78 is 0. The quantitative estimate of drug-likeness (QED) is 0.162. The number of rotatable bonds is 3. The number of benzene rings is 10. The molecule has 0 N–H and O–H groups in total. The van der Waals surface area contributed by atoms with Crippen LogP contribution in [0.15, 0.2) is 176 Å².